The van der Waals surface area contributed by atoms with E-state index in [1.54, 1.807) is 12.4 Å². The van der Waals surface area contributed by atoms with Gasteiger partial charge in [-0.2, -0.15) is 0 Å². The van der Waals surface area contributed by atoms with Gasteiger partial charge in [0.25, 0.3) is 0 Å². The predicted octanol–water partition coefficient (Wildman–Crippen LogP) is 2.14. The van der Waals surface area contributed by atoms with E-state index in [2.05, 4.69) is 27.4 Å². The lowest BCUT2D eigenvalue weighted by Gasteiger charge is -2.09. The summed E-state index contributed by atoms with van der Waals surface area (Å²) in [6.07, 6.45) is 4.91. The summed E-state index contributed by atoms with van der Waals surface area (Å²) in [4.78, 5) is 20.3. The predicted molar refractivity (Wildman–Crippen MR) is 72.7 cm³/mol. The summed E-state index contributed by atoms with van der Waals surface area (Å²) >= 11 is 0. The van der Waals surface area contributed by atoms with Crippen LogP contribution in [0, 0.1) is 12.8 Å². The van der Waals surface area contributed by atoms with Crippen molar-refractivity contribution in [1.82, 2.24) is 9.97 Å². The first-order chi connectivity index (χ1) is 9.22. The van der Waals surface area contributed by atoms with Gasteiger partial charge in [-0.15, -0.1) is 0 Å². The summed E-state index contributed by atoms with van der Waals surface area (Å²) in [7, 11) is 0. The molecule has 0 fully saturated rings. The SMILES string of the molecule is Cc1ncc(NC(=O)C2Cc3ccccc3C2)cn1. The van der Waals surface area contributed by atoms with Gasteiger partial charge in [0.2, 0.25) is 5.91 Å². The number of aryl methyl sites for hydroxylation is 1. The Bertz CT molecular complexity index is 582. The Balaban J connectivity index is 1.68. The number of carbonyl (C=O) groups excluding carboxylic acids is 1. The van der Waals surface area contributed by atoms with Crippen LogP contribution in [0.25, 0.3) is 0 Å². The molecular weight excluding hydrogens is 238 g/mol. The summed E-state index contributed by atoms with van der Waals surface area (Å²) < 4.78 is 0. The second-order valence-electron chi connectivity index (χ2n) is 4.88. The molecule has 1 aromatic heterocycles. The van der Waals surface area contributed by atoms with E-state index in [0.717, 1.165) is 12.8 Å². The van der Waals surface area contributed by atoms with E-state index in [1.165, 1.54) is 11.1 Å². The van der Waals surface area contributed by atoms with Crippen LogP contribution in [-0.4, -0.2) is 15.9 Å². The highest BCUT2D eigenvalue weighted by Crippen LogP contribution is 2.27. The van der Waals surface area contributed by atoms with Crippen LogP contribution >= 0.6 is 0 Å². The molecule has 4 heteroatoms. The van der Waals surface area contributed by atoms with E-state index < -0.39 is 0 Å². The van der Waals surface area contributed by atoms with Crippen molar-refractivity contribution in [2.24, 2.45) is 5.92 Å². The van der Waals surface area contributed by atoms with Gasteiger partial charge in [-0.3, -0.25) is 4.79 Å². The Labute approximate surface area is 111 Å². The Morgan fingerprint density at radius 1 is 1.16 bits per heavy atom. The highest BCUT2D eigenvalue weighted by molar-refractivity contribution is 5.93. The molecule has 4 nitrogen and oxygen atoms in total. The molecule has 19 heavy (non-hydrogen) atoms. The first kappa shape index (κ1) is 11.8. The molecule has 1 aromatic carbocycles. The van der Waals surface area contributed by atoms with E-state index in [1.807, 2.05) is 19.1 Å². The molecule has 0 saturated heterocycles. The summed E-state index contributed by atoms with van der Waals surface area (Å²) in [5, 5.41) is 2.88. The fourth-order valence-corrected chi connectivity index (χ4v) is 2.45. The Hall–Kier alpha value is -2.23. The Morgan fingerprint density at radius 3 is 2.32 bits per heavy atom. The largest absolute Gasteiger partial charge is 0.323 e. The van der Waals surface area contributed by atoms with Crippen LogP contribution in [0.15, 0.2) is 36.7 Å². The number of nitrogens with zero attached hydrogens (tertiary/aromatic N) is 2. The second-order valence-corrected chi connectivity index (χ2v) is 4.88. The number of amides is 1. The van der Waals surface area contributed by atoms with Gasteiger partial charge >= 0.3 is 0 Å². The molecule has 0 radical (unpaired) electrons. The van der Waals surface area contributed by atoms with Gasteiger partial charge in [0, 0.05) is 5.92 Å². The van der Waals surface area contributed by atoms with E-state index in [9.17, 15) is 4.79 Å². The number of nitrogens with one attached hydrogen (secondary N) is 1. The van der Waals surface area contributed by atoms with Crippen LogP contribution in [0.3, 0.4) is 0 Å². The normalized spacial score (nSPS) is 14.2. The lowest BCUT2D eigenvalue weighted by Crippen LogP contribution is -2.23. The topological polar surface area (TPSA) is 54.9 Å². The Morgan fingerprint density at radius 2 is 1.74 bits per heavy atom. The molecular formula is C15H15N3O. The number of anilines is 1. The standard InChI is InChI=1S/C15H15N3O/c1-10-16-8-14(9-17-10)18-15(19)13-6-11-4-2-3-5-12(11)7-13/h2-5,8-9,13H,6-7H2,1H3,(H,18,19). The number of rotatable bonds is 2. The van der Waals surface area contributed by atoms with Gasteiger partial charge in [0.15, 0.2) is 0 Å². The number of carbonyl (C=O) groups is 1. The van der Waals surface area contributed by atoms with Crippen molar-refractivity contribution in [2.45, 2.75) is 19.8 Å². The highest BCUT2D eigenvalue weighted by Gasteiger charge is 2.27. The lowest BCUT2D eigenvalue weighted by atomic mass is 10.1. The fourth-order valence-electron chi connectivity index (χ4n) is 2.45. The number of aromatic nitrogens is 2. The van der Waals surface area contributed by atoms with Crippen LogP contribution < -0.4 is 5.32 Å². The van der Waals surface area contributed by atoms with Gasteiger partial charge in [0.05, 0.1) is 18.1 Å². The third-order valence-electron chi connectivity index (χ3n) is 3.47. The maximum Gasteiger partial charge on any atom is 0.228 e. The second kappa shape index (κ2) is 4.80. The van der Waals surface area contributed by atoms with E-state index in [-0.39, 0.29) is 11.8 Å². The zero-order valence-corrected chi connectivity index (χ0v) is 10.8. The van der Waals surface area contributed by atoms with Crippen LogP contribution in [-0.2, 0) is 17.6 Å². The van der Waals surface area contributed by atoms with E-state index >= 15 is 0 Å². The highest BCUT2D eigenvalue weighted by atomic mass is 16.1. The van der Waals surface area contributed by atoms with Crippen molar-refractivity contribution >= 4 is 11.6 Å². The molecule has 0 bridgehead atoms. The Kier molecular flexibility index (Phi) is 2.99. The van der Waals surface area contributed by atoms with Crippen molar-refractivity contribution in [3.05, 3.63) is 53.6 Å². The lowest BCUT2D eigenvalue weighted by molar-refractivity contribution is -0.119. The quantitative estimate of drug-likeness (QED) is 0.892. The van der Waals surface area contributed by atoms with E-state index in [0.29, 0.717) is 11.5 Å². The zero-order chi connectivity index (χ0) is 13.2. The third kappa shape index (κ3) is 2.47. The minimum absolute atomic E-state index is 0.0127. The van der Waals surface area contributed by atoms with Crippen LogP contribution in [0.5, 0.6) is 0 Å². The van der Waals surface area contributed by atoms with Gasteiger partial charge in [-0.05, 0) is 30.9 Å². The van der Waals surface area contributed by atoms with Crippen molar-refractivity contribution < 1.29 is 4.79 Å². The molecule has 3 rings (SSSR count). The molecule has 0 spiro atoms. The molecule has 0 aliphatic heterocycles. The monoisotopic (exact) mass is 253 g/mol. The maximum absolute atomic E-state index is 12.2. The third-order valence-corrected chi connectivity index (χ3v) is 3.47. The molecule has 0 unspecified atom stereocenters. The number of fused-ring (bicyclic) bond motifs is 1. The van der Waals surface area contributed by atoms with Crippen LogP contribution in [0.1, 0.15) is 17.0 Å². The van der Waals surface area contributed by atoms with Gasteiger partial charge in [-0.1, -0.05) is 24.3 Å². The van der Waals surface area contributed by atoms with Crippen molar-refractivity contribution in [3.8, 4) is 0 Å². The molecule has 1 aliphatic rings. The molecule has 1 aliphatic carbocycles. The zero-order valence-electron chi connectivity index (χ0n) is 10.8. The summed E-state index contributed by atoms with van der Waals surface area (Å²) in [6.45, 7) is 1.82. The van der Waals surface area contributed by atoms with Gasteiger partial charge < -0.3 is 5.32 Å². The molecule has 96 valence electrons. The van der Waals surface area contributed by atoms with E-state index in [4.69, 9.17) is 0 Å². The minimum Gasteiger partial charge on any atom is -0.323 e. The molecule has 2 aromatic rings. The number of hydrogen-bond donors (Lipinski definition) is 1. The fraction of sp³-hybridized carbons (Fsp3) is 0.267. The van der Waals surface area contributed by atoms with Crippen molar-refractivity contribution in [1.29, 1.82) is 0 Å². The summed E-state index contributed by atoms with van der Waals surface area (Å²) in [6, 6.07) is 8.23. The average Bonchev–Trinajstić information content (AvgIpc) is 2.85. The van der Waals surface area contributed by atoms with Crippen molar-refractivity contribution in [2.75, 3.05) is 5.32 Å². The smallest absolute Gasteiger partial charge is 0.228 e. The van der Waals surface area contributed by atoms with Crippen LogP contribution in [0.2, 0.25) is 0 Å². The molecule has 1 heterocycles. The number of hydrogen-bond acceptors (Lipinski definition) is 3. The summed E-state index contributed by atoms with van der Waals surface area (Å²) in [5.41, 5.74) is 3.22. The van der Waals surface area contributed by atoms with Gasteiger partial charge in [-0.25, -0.2) is 9.97 Å². The average molecular weight is 253 g/mol. The van der Waals surface area contributed by atoms with Crippen LogP contribution in [0.4, 0.5) is 5.69 Å². The minimum atomic E-state index is 0.0127. The number of benzene rings is 1. The molecule has 0 atom stereocenters. The first-order valence-corrected chi connectivity index (χ1v) is 6.38. The summed E-state index contributed by atoms with van der Waals surface area (Å²) in [5.74, 6) is 0.758. The molecule has 0 saturated carbocycles. The van der Waals surface area contributed by atoms with Crippen molar-refractivity contribution in [3.63, 3.8) is 0 Å². The molecule has 1 N–H and O–H groups in total. The molecule has 1 amide bonds. The maximum atomic E-state index is 12.2. The van der Waals surface area contributed by atoms with Gasteiger partial charge in [0.1, 0.15) is 5.82 Å². The first-order valence-electron chi connectivity index (χ1n) is 6.38.